The number of amides is 4. The Morgan fingerprint density at radius 3 is 1.41 bits per heavy atom. The van der Waals surface area contributed by atoms with E-state index in [1.807, 2.05) is 54.5 Å². The number of piperidine rings is 2. The van der Waals surface area contributed by atoms with Crippen LogP contribution in [0.4, 0.5) is 39.5 Å². The summed E-state index contributed by atoms with van der Waals surface area (Å²) >= 11 is 34.2. The largest absolute Gasteiger partial charge is 0.491 e. The smallest absolute Gasteiger partial charge is 0.356 e. The van der Waals surface area contributed by atoms with Crippen molar-refractivity contribution in [3.63, 3.8) is 0 Å². The number of hydrogen-bond donors (Lipinski definition) is 6. The zero-order valence-corrected chi connectivity index (χ0v) is 88.7. The van der Waals surface area contributed by atoms with Gasteiger partial charge in [-0.25, -0.2) is 61.0 Å². The number of nitrogens with zero attached hydrogens (tertiary/aromatic N) is 12. The predicted molar refractivity (Wildman–Crippen MR) is 541 cm³/mol. The number of carbonyl (C=O) groups is 3. The Morgan fingerprint density at radius 1 is 0.518 bits per heavy atom. The molecular formula is C95H128Cl6F4N18O12Si2. The Kier molecular flexibility index (Phi) is 42.5. The van der Waals surface area contributed by atoms with E-state index < -0.39 is 85.0 Å². The number of nitrogens with two attached hydrogens (primary N) is 2. The highest BCUT2D eigenvalue weighted by atomic mass is 35.5. The minimum absolute atomic E-state index is 0.0133. The van der Waals surface area contributed by atoms with Crippen LogP contribution in [0, 0.1) is 35.1 Å². The highest BCUT2D eigenvalue weighted by Gasteiger charge is 2.39. The van der Waals surface area contributed by atoms with Crippen molar-refractivity contribution in [3.8, 4) is 34.4 Å². The van der Waals surface area contributed by atoms with Gasteiger partial charge in [-0.05, 0) is 155 Å². The lowest BCUT2D eigenvalue weighted by molar-refractivity contribution is 0.0964. The van der Waals surface area contributed by atoms with E-state index in [1.54, 1.807) is 43.0 Å². The van der Waals surface area contributed by atoms with Crippen molar-refractivity contribution < 1.29 is 59.7 Å². The molecule has 4 amide bonds. The molecule has 42 heteroatoms. The average Bonchev–Trinajstić information content (AvgIpc) is 0.738. The second kappa shape index (κ2) is 50.9. The van der Waals surface area contributed by atoms with Crippen LogP contribution in [0.15, 0.2) is 87.7 Å². The first-order chi connectivity index (χ1) is 64.1. The fourth-order valence-electron chi connectivity index (χ4n) is 13.5. The highest BCUT2D eigenvalue weighted by Crippen LogP contribution is 2.42. The van der Waals surface area contributed by atoms with Crippen LogP contribution in [0.1, 0.15) is 244 Å². The summed E-state index contributed by atoms with van der Waals surface area (Å²) in [5.41, 5.74) is 12.8. The summed E-state index contributed by atoms with van der Waals surface area (Å²) in [7, 11) is -3.90. The maximum Gasteiger partial charge on any atom is 0.356 e. The summed E-state index contributed by atoms with van der Waals surface area (Å²) in [6, 6.07) is 10.8. The maximum absolute atomic E-state index is 14.7. The SMILES string of the molecule is CC(C)c1nccc(OCCO[Si](C)(C)C(C)(C)C)c1-n1c(=O)[nH]c(=O)c2cc(F)c(Cl)nc21.CC(C)c1nccc(OCCO[Si](C)(C)C(C)(C)C)c1NC(=O)NC(=O)c1cc(F)c(Cl)nc1Cl.CCCOc1ccnc(C(C)C)c1-n1c(=O)nc(N2C[C@@H](C)CC[C@@H]2C)c2cc(F)c(Cl)nc21.CCCOc1ccnc(C(C)C)c1N.C[C@H]1CC[C@H](C)NC1.NC(=O)c1cc(F)c(Cl)nc1Cl. The fraction of sp³-hybridized carbons (Fsp3) is 0.505. The lowest BCUT2D eigenvalue weighted by atomic mass is 9.95. The van der Waals surface area contributed by atoms with Crippen LogP contribution in [-0.4, -0.2) is 158 Å². The van der Waals surface area contributed by atoms with E-state index >= 15 is 0 Å². The number of imide groups is 1. The van der Waals surface area contributed by atoms with Crippen LogP contribution in [0.25, 0.3) is 33.4 Å². The van der Waals surface area contributed by atoms with Gasteiger partial charge >= 0.3 is 17.4 Å². The molecule has 748 valence electrons. The summed E-state index contributed by atoms with van der Waals surface area (Å²) < 4.78 is 93.4. The van der Waals surface area contributed by atoms with Gasteiger partial charge in [0.25, 0.3) is 17.4 Å². The van der Waals surface area contributed by atoms with Gasteiger partial charge < -0.3 is 54.8 Å². The van der Waals surface area contributed by atoms with E-state index in [4.69, 9.17) is 109 Å². The summed E-state index contributed by atoms with van der Waals surface area (Å²) in [6.07, 6.45) is 13.2. The topological polar surface area (TPSA) is 391 Å². The third-order valence-electron chi connectivity index (χ3n) is 23.1. The molecule has 0 unspecified atom stereocenters. The third kappa shape index (κ3) is 30.9. The predicted octanol–water partition coefficient (Wildman–Crippen LogP) is 22.3. The number of urea groups is 1. The first-order valence-corrected chi connectivity index (χ1v) is 53.4. The van der Waals surface area contributed by atoms with Crippen molar-refractivity contribution in [3.05, 3.63) is 193 Å². The molecular weight excluding hydrogens is 1930 g/mol. The maximum atomic E-state index is 14.7. The van der Waals surface area contributed by atoms with Crippen molar-refractivity contribution >= 4 is 143 Å². The van der Waals surface area contributed by atoms with Crippen LogP contribution >= 0.6 is 69.6 Å². The molecule has 0 aromatic carbocycles. The van der Waals surface area contributed by atoms with Gasteiger partial charge in [0.1, 0.15) is 69.4 Å². The molecule has 0 spiro atoms. The van der Waals surface area contributed by atoms with Gasteiger partial charge in [0.15, 0.2) is 71.8 Å². The summed E-state index contributed by atoms with van der Waals surface area (Å²) in [5.74, 6) is -1.15. The van der Waals surface area contributed by atoms with Crippen molar-refractivity contribution in [2.45, 2.75) is 249 Å². The van der Waals surface area contributed by atoms with E-state index in [0.29, 0.717) is 107 Å². The van der Waals surface area contributed by atoms with Crippen molar-refractivity contribution in [2.75, 3.05) is 68.7 Å². The van der Waals surface area contributed by atoms with Crippen LogP contribution in [-0.2, 0) is 8.85 Å². The number of rotatable bonds is 26. The Bertz CT molecular complexity index is 6040. The first kappa shape index (κ1) is 114. The zero-order chi connectivity index (χ0) is 102. The van der Waals surface area contributed by atoms with E-state index in [0.717, 1.165) is 78.4 Å². The molecule has 0 saturated carbocycles. The lowest BCUT2D eigenvalue weighted by Gasteiger charge is -2.38. The highest BCUT2D eigenvalue weighted by molar-refractivity contribution is 6.74. The van der Waals surface area contributed by atoms with Gasteiger partial charge in [-0.1, -0.05) is 194 Å². The van der Waals surface area contributed by atoms with Gasteiger partial charge in [-0.15, -0.1) is 0 Å². The van der Waals surface area contributed by atoms with Crippen molar-refractivity contribution in [2.24, 2.45) is 17.6 Å². The number of H-pyrrole nitrogens is 1. The lowest BCUT2D eigenvalue weighted by Crippen LogP contribution is -2.43. The number of nitrogens with one attached hydrogen (secondary N) is 4. The number of nitrogen functional groups attached to an aromatic ring is 1. The van der Waals surface area contributed by atoms with E-state index in [2.05, 4.69) is 187 Å². The number of halogens is 10. The van der Waals surface area contributed by atoms with Crippen molar-refractivity contribution in [1.29, 1.82) is 0 Å². The Hall–Kier alpha value is -9.74. The van der Waals surface area contributed by atoms with Crippen LogP contribution in [0.2, 0.25) is 67.2 Å². The molecule has 30 nitrogen and oxygen atoms in total. The number of anilines is 3. The third-order valence-corrected chi connectivity index (χ3v) is 33.8. The normalized spacial score (nSPS) is 15.1. The van der Waals surface area contributed by atoms with Crippen molar-refractivity contribution in [1.82, 2.24) is 69.6 Å². The molecule has 8 N–H and O–H groups in total. The molecule has 12 heterocycles. The van der Waals surface area contributed by atoms with Crippen LogP contribution in [0.5, 0.6) is 23.0 Å². The monoisotopic (exact) mass is 2050 g/mol. The van der Waals surface area contributed by atoms with Gasteiger partial charge in [0.05, 0.1) is 76.8 Å². The quantitative estimate of drug-likeness (QED) is 0.0127. The number of aromatic amines is 1. The first-order valence-electron chi connectivity index (χ1n) is 45.3. The molecule has 12 rings (SSSR count). The second-order valence-corrected chi connectivity index (χ2v) is 49.3. The minimum Gasteiger partial charge on any atom is -0.491 e. The minimum atomic E-state index is -1.96. The molecule has 10 aromatic heterocycles. The zero-order valence-electron chi connectivity index (χ0n) is 82.1. The molecule has 10 aromatic rings. The number of primary amides is 1. The molecule has 0 radical (unpaired) electrons. The number of pyridine rings is 8. The molecule has 2 fully saturated rings. The van der Waals surface area contributed by atoms with Gasteiger partial charge in [-0.2, -0.15) is 4.98 Å². The Balaban J connectivity index is 0.000000238. The Labute approximate surface area is 829 Å². The summed E-state index contributed by atoms with van der Waals surface area (Å²) in [6.45, 7) is 54.6. The van der Waals surface area contributed by atoms with E-state index in [-0.39, 0.29) is 95.5 Å². The molecule has 2 aliphatic rings. The molecule has 137 heavy (non-hydrogen) atoms. The van der Waals surface area contributed by atoms with Gasteiger partial charge in [0.2, 0.25) is 0 Å². The number of aromatic nitrogens is 12. The molecule has 0 aliphatic carbocycles. The van der Waals surface area contributed by atoms with Gasteiger partial charge in [-0.3, -0.25) is 44.6 Å². The summed E-state index contributed by atoms with van der Waals surface area (Å²) in [4.78, 5) is 116. The Morgan fingerprint density at radius 2 is 0.934 bits per heavy atom. The number of hydrogen-bond acceptors (Lipinski definition) is 24. The molecule has 0 bridgehead atoms. The fourth-order valence-corrected chi connectivity index (χ4v) is 16.6. The number of fused-ring (bicyclic) bond motifs is 2. The van der Waals surface area contributed by atoms with Crippen LogP contribution in [0.3, 0.4) is 0 Å². The van der Waals surface area contributed by atoms with Crippen LogP contribution < -0.4 is 68.2 Å². The molecule has 2 saturated heterocycles. The van der Waals surface area contributed by atoms with Gasteiger partial charge in [0, 0.05) is 67.7 Å². The van der Waals surface area contributed by atoms with E-state index in [1.165, 1.54) is 30.0 Å². The number of ether oxygens (including phenoxy) is 4. The summed E-state index contributed by atoms with van der Waals surface area (Å²) in [5, 5.41) is 6.43. The molecule has 2 aliphatic heterocycles. The van der Waals surface area contributed by atoms with E-state index in [9.17, 15) is 46.3 Å². The molecule has 4 atom stereocenters. The number of carbonyl (C=O) groups excluding carboxylic acids is 3. The second-order valence-electron chi connectivity index (χ2n) is 37.6. The average molecular weight is 2060 g/mol. The standard InChI is InChI=1S/C25H31ClFN5O2.C23H31Cl2FN4O4Si.C23H30ClFN4O4Si.C11H18N2O.C7H15N.C6H3Cl2FN2O/c1-6-11-34-19-9-10-28-20(14(2)3)21(19)32-24-17(12-18(27)22(26)29-24)23(30-25(32)33)31-13-15(4)7-8-16(31)5;1-13(2)17-18(16(8-9-27-17)33-10-11-34-35(6,7)23(3,4)5)28-22(32)30-21(31)14-12-15(26)20(25)29-19(14)24;1-13(2)17-18(16(8-9-26-17)32-10-11-33-34(6,7)23(3,4)5)29-20-14(21(30)28-22(29)31)12-15(25)19(24)27-20;1-4-7-14-9-5-6-13-11(8(2)3)10(9)12;1-6-3-4-7(2)8-5-6;7-4-2(6(10)12)1-3(9)5(8)11-4/h9-10,12,14-16H,6-8,11,13H2,1-5H3;8-9,12-13H,10-11H2,1-7H3,(H2,28,30,31,32);8-9,12-13H,10-11H2,1-7H3,(H,28,30,31);5-6,8H,4,7,12H2,1-3H3;6-8H,3-5H2,1-2H3;1H,(H2,10,12)/t15-,16-;;;;6-,7-;/m0...0./s1.